The number of phenols is 1. The van der Waals surface area contributed by atoms with Crippen molar-refractivity contribution in [3.8, 4) is 23.0 Å². The van der Waals surface area contributed by atoms with Crippen molar-refractivity contribution < 1.29 is 24.1 Å². The van der Waals surface area contributed by atoms with Gasteiger partial charge in [0.25, 0.3) is 5.91 Å². The molecule has 1 heterocycles. The first kappa shape index (κ1) is 19.4. The monoisotopic (exact) mass is 406 g/mol. The molecule has 0 saturated heterocycles. The summed E-state index contributed by atoms with van der Waals surface area (Å²) in [5, 5.41) is 13.7. The first-order valence-corrected chi connectivity index (χ1v) is 9.35. The number of aromatic hydroxyl groups is 1. The lowest BCUT2D eigenvalue weighted by Gasteiger charge is -2.38. The summed E-state index contributed by atoms with van der Waals surface area (Å²) in [5.74, 6) is 0.966. The van der Waals surface area contributed by atoms with Crippen LogP contribution in [0.1, 0.15) is 22.1 Å². The topological polar surface area (TPSA) is 80.3 Å². The number of ether oxygens (including phenoxy) is 3. The first-order chi connectivity index (χ1) is 14.6. The van der Waals surface area contributed by atoms with E-state index < -0.39 is 6.17 Å². The van der Waals surface area contributed by atoms with Crippen LogP contribution in [-0.4, -0.2) is 32.3 Å². The smallest absolute Gasteiger partial charge is 0.262 e. The third kappa shape index (κ3) is 3.24. The van der Waals surface area contributed by atoms with Gasteiger partial charge in [-0.25, -0.2) is 0 Å². The van der Waals surface area contributed by atoms with Gasteiger partial charge in [0.2, 0.25) is 5.75 Å². The fourth-order valence-electron chi connectivity index (χ4n) is 3.57. The third-order valence-electron chi connectivity index (χ3n) is 5.10. The summed E-state index contributed by atoms with van der Waals surface area (Å²) in [4.78, 5) is 15.1. The number of hydrogen-bond donors (Lipinski definition) is 2. The minimum absolute atomic E-state index is 0.0951. The van der Waals surface area contributed by atoms with Crippen LogP contribution in [0.5, 0.6) is 23.0 Å². The molecule has 1 amide bonds. The second-order valence-electron chi connectivity index (χ2n) is 6.74. The Balaban J connectivity index is 1.88. The summed E-state index contributed by atoms with van der Waals surface area (Å²) in [6, 6.07) is 18.0. The van der Waals surface area contributed by atoms with E-state index in [1.165, 1.54) is 14.2 Å². The van der Waals surface area contributed by atoms with E-state index in [-0.39, 0.29) is 23.2 Å². The minimum Gasteiger partial charge on any atom is -0.502 e. The largest absolute Gasteiger partial charge is 0.502 e. The zero-order valence-electron chi connectivity index (χ0n) is 16.9. The van der Waals surface area contributed by atoms with Crippen molar-refractivity contribution in [1.29, 1.82) is 0 Å². The van der Waals surface area contributed by atoms with E-state index in [9.17, 15) is 9.90 Å². The number of benzene rings is 3. The molecule has 2 N–H and O–H groups in total. The van der Waals surface area contributed by atoms with Crippen LogP contribution in [0.25, 0.3) is 0 Å². The van der Waals surface area contributed by atoms with Crippen LogP contribution < -0.4 is 24.4 Å². The van der Waals surface area contributed by atoms with E-state index in [1.54, 1.807) is 42.3 Å². The van der Waals surface area contributed by atoms with Crippen LogP contribution in [0.4, 0.5) is 11.4 Å². The number of para-hydroxylation sites is 1. The summed E-state index contributed by atoms with van der Waals surface area (Å²) < 4.78 is 15.9. The molecule has 0 saturated carbocycles. The van der Waals surface area contributed by atoms with Gasteiger partial charge in [-0.3, -0.25) is 9.69 Å². The predicted molar refractivity (Wildman–Crippen MR) is 114 cm³/mol. The zero-order chi connectivity index (χ0) is 21.3. The van der Waals surface area contributed by atoms with E-state index >= 15 is 0 Å². The molecule has 0 aromatic heterocycles. The van der Waals surface area contributed by atoms with Gasteiger partial charge in [0.1, 0.15) is 11.9 Å². The molecule has 3 aromatic rings. The van der Waals surface area contributed by atoms with E-state index in [4.69, 9.17) is 14.2 Å². The molecule has 30 heavy (non-hydrogen) atoms. The van der Waals surface area contributed by atoms with Gasteiger partial charge in [-0.1, -0.05) is 12.1 Å². The standard InChI is InChI=1S/C23H22N2O5/c1-28-16-10-8-15(9-11-16)25-22(24-18-7-5-4-6-17(18)23(25)27)14-12-19(29-2)21(26)20(13-14)30-3/h4-13,22,24,26H,1-3H3/t22-/m1/s1. The van der Waals surface area contributed by atoms with Crippen LogP contribution in [0.3, 0.4) is 0 Å². The average Bonchev–Trinajstić information content (AvgIpc) is 2.79. The molecule has 0 bridgehead atoms. The number of rotatable bonds is 5. The second kappa shape index (κ2) is 7.87. The Morgan fingerprint density at radius 2 is 1.53 bits per heavy atom. The number of phenolic OH excluding ortho intramolecular Hbond substituents is 1. The first-order valence-electron chi connectivity index (χ1n) is 9.35. The molecular weight excluding hydrogens is 384 g/mol. The number of carbonyl (C=O) groups excluding carboxylic acids is 1. The maximum absolute atomic E-state index is 13.5. The molecule has 0 unspecified atom stereocenters. The number of fused-ring (bicyclic) bond motifs is 1. The molecule has 4 rings (SSSR count). The summed E-state index contributed by atoms with van der Waals surface area (Å²) in [6.45, 7) is 0. The molecule has 0 aliphatic carbocycles. The molecule has 1 aliphatic heterocycles. The van der Waals surface area contributed by atoms with Crippen molar-refractivity contribution in [2.45, 2.75) is 6.17 Å². The molecule has 1 aliphatic rings. The molecule has 154 valence electrons. The van der Waals surface area contributed by atoms with E-state index in [1.807, 2.05) is 30.3 Å². The Kier molecular flexibility index (Phi) is 5.10. The maximum atomic E-state index is 13.5. The molecule has 0 fully saturated rings. The summed E-state index contributed by atoms with van der Waals surface area (Å²) in [5.41, 5.74) is 2.68. The molecule has 1 atom stereocenters. The number of anilines is 2. The molecule has 3 aromatic carbocycles. The van der Waals surface area contributed by atoms with Gasteiger partial charge in [0.15, 0.2) is 11.5 Å². The molecular formula is C23H22N2O5. The zero-order valence-corrected chi connectivity index (χ0v) is 16.9. The van der Waals surface area contributed by atoms with Crippen molar-refractivity contribution in [3.05, 3.63) is 71.8 Å². The third-order valence-corrected chi connectivity index (χ3v) is 5.10. The van der Waals surface area contributed by atoms with Gasteiger partial charge in [-0.2, -0.15) is 0 Å². The van der Waals surface area contributed by atoms with Crippen molar-refractivity contribution in [2.75, 3.05) is 31.5 Å². The van der Waals surface area contributed by atoms with Crippen LogP contribution >= 0.6 is 0 Å². The Bertz CT molecular complexity index is 1060. The van der Waals surface area contributed by atoms with Gasteiger partial charge >= 0.3 is 0 Å². The van der Waals surface area contributed by atoms with Crippen molar-refractivity contribution >= 4 is 17.3 Å². The minimum atomic E-state index is -0.552. The van der Waals surface area contributed by atoms with E-state index in [2.05, 4.69) is 5.32 Å². The number of amides is 1. The lowest BCUT2D eigenvalue weighted by Crippen LogP contribution is -2.43. The number of nitrogens with zero attached hydrogens (tertiary/aromatic N) is 1. The quantitative estimate of drug-likeness (QED) is 0.661. The SMILES string of the molecule is COc1ccc(N2C(=O)c3ccccc3N[C@H]2c2cc(OC)c(O)c(OC)c2)cc1. The number of carbonyl (C=O) groups is 1. The van der Waals surface area contributed by atoms with Crippen molar-refractivity contribution in [1.82, 2.24) is 0 Å². The maximum Gasteiger partial charge on any atom is 0.262 e. The lowest BCUT2D eigenvalue weighted by atomic mass is 10.0. The van der Waals surface area contributed by atoms with Gasteiger partial charge in [-0.15, -0.1) is 0 Å². The van der Waals surface area contributed by atoms with Crippen LogP contribution in [0.2, 0.25) is 0 Å². The van der Waals surface area contributed by atoms with Crippen molar-refractivity contribution in [2.24, 2.45) is 0 Å². The number of hydrogen-bond acceptors (Lipinski definition) is 6. The van der Waals surface area contributed by atoms with E-state index in [0.717, 1.165) is 5.69 Å². The number of methoxy groups -OCH3 is 3. The van der Waals surface area contributed by atoms with Gasteiger partial charge in [0, 0.05) is 16.9 Å². The van der Waals surface area contributed by atoms with Crippen LogP contribution in [0.15, 0.2) is 60.7 Å². The van der Waals surface area contributed by atoms with Crippen LogP contribution in [-0.2, 0) is 0 Å². The summed E-state index contributed by atoms with van der Waals surface area (Å²) >= 11 is 0. The highest BCUT2D eigenvalue weighted by Crippen LogP contribution is 2.43. The number of nitrogens with one attached hydrogen (secondary N) is 1. The normalized spacial score (nSPS) is 15.2. The fourth-order valence-corrected chi connectivity index (χ4v) is 3.57. The highest BCUT2D eigenvalue weighted by Gasteiger charge is 2.35. The molecule has 7 nitrogen and oxygen atoms in total. The molecule has 0 radical (unpaired) electrons. The lowest BCUT2D eigenvalue weighted by molar-refractivity contribution is 0.0974. The van der Waals surface area contributed by atoms with Gasteiger partial charge in [0.05, 0.1) is 26.9 Å². The Labute approximate surface area is 174 Å². The van der Waals surface area contributed by atoms with Gasteiger partial charge < -0.3 is 24.6 Å². The Morgan fingerprint density at radius 3 is 2.13 bits per heavy atom. The molecule has 0 spiro atoms. The fraction of sp³-hybridized carbons (Fsp3) is 0.174. The van der Waals surface area contributed by atoms with Crippen LogP contribution in [0, 0.1) is 0 Å². The Morgan fingerprint density at radius 1 is 0.900 bits per heavy atom. The Hall–Kier alpha value is -3.87. The second-order valence-corrected chi connectivity index (χ2v) is 6.74. The van der Waals surface area contributed by atoms with E-state index in [0.29, 0.717) is 22.6 Å². The highest BCUT2D eigenvalue weighted by molar-refractivity contribution is 6.12. The summed E-state index contributed by atoms with van der Waals surface area (Å²) in [6.07, 6.45) is -0.552. The summed E-state index contributed by atoms with van der Waals surface area (Å²) in [7, 11) is 4.53. The molecule has 7 heteroatoms. The highest BCUT2D eigenvalue weighted by atomic mass is 16.5. The average molecular weight is 406 g/mol. The van der Waals surface area contributed by atoms with Gasteiger partial charge in [-0.05, 0) is 48.5 Å². The van der Waals surface area contributed by atoms with Crippen molar-refractivity contribution in [3.63, 3.8) is 0 Å². The predicted octanol–water partition coefficient (Wildman–Crippen LogP) is 4.19.